The van der Waals surface area contributed by atoms with Crippen LogP contribution in [0, 0.1) is 18.2 Å². The zero-order valence-electron chi connectivity index (χ0n) is 24.6. The highest BCUT2D eigenvalue weighted by molar-refractivity contribution is 7.13. The van der Waals surface area contributed by atoms with Gasteiger partial charge in [-0.2, -0.15) is 0 Å². The molecule has 3 amide bonds. The molecule has 12 heteroatoms. The standard InChI is InChI=1S/C31H35FN4O6S/c1-16(18-6-8-19(9-7-18)25-17(2)33-15-43-25)34-28(39)24-13-21(37)14-36(24)29(40)26(31(3,4)5)35-27(38)22-11-10-20(30(41)42)12-23(22)32/h6-12,15-16,21,24,26,37H,13-14H2,1-5H3,(H,34,39)(H,35,38)(H,41,42)/t16-,21+,24-,26?/m0/s1. The molecular weight excluding hydrogens is 575 g/mol. The third kappa shape index (κ3) is 7.08. The number of hydrogen-bond donors (Lipinski definition) is 4. The second-order valence-electron chi connectivity index (χ2n) is 11.8. The summed E-state index contributed by atoms with van der Waals surface area (Å²) in [6, 6.07) is 8.06. The molecule has 4 atom stereocenters. The van der Waals surface area contributed by atoms with Crippen LogP contribution in [-0.2, 0) is 9.59 Å². The summed E-state index contributed by atoms with van der Waals surface area (Å²) in [4.78, 5) is 58.0. The van der Waals surface area contributed by atoms with Crippen molar-refractivity contribution in [2.24, 2.45) is 5.41 Å². The summed E-state index contributed by atoms with van der Waals surface area (Å²) in [7, 11) is 0. The third-order valence-corrected chi connectivity index (χ3v) is 8.47. The third-order valence-electron chi connectivity index (χ3n) is 7.49. The van der Waals surface area contributed by atoms with Gasteiger partial charge in [0.2, 0.25) is 11.8 Å². The molecule has 2 aromatic carbocycles. The number of β-amino-alcohol motifs (C(OH)–C–C–N with tert-alkyl or cyclic N) is 1. The van der Waals surface area contributed by atoms with Gasteiger partial charge in [0.15, 0.2) is 0 Å². The van der Waals surface area contributed by atoms with Gasteiger partial charge < -0.3 is 25.7 Å². The number of carbonyl (C=O) groups is 4. The van der Waals surface area contributed by atoms with Gasteiger partial charge in [-0.15, -0.1) is 11.3 Å². The molecule has 10 nitrogen and oxygen atoms in total. The van der Waals surface area contributed by atoms with Crippen molar-refractivity contribution in [1.82, 2.24) is 20.5 Å². The maximum absolute atomic E-state index is 14.6. The highest BCUT2D eigenvalue weighted by atomic mass is 32.1. The lowest BCUT2D eigenvalue weighted by Crippen LogP contribution is -2.58. The van der Waals surface area contributed by atoms with Crippen LogP contribution in [0.3, 0.4) is 0 Å². The zero-order chi connectivity index (χ0) is 31.6. The van der Waals surface area contributed by atoms with Crippen molar-refractivity contribution >= 4 is 35.0 Å². The van der Waals surface area contributed by atoms with Crippen LogP contribution in [0.15, 0.2) is 48.0 Å². The minimum atomic E-state index is -1.34. The maximum atomic E-state index is 14.6. The van der Waals surface area contributed by atoms with E-state index in [1.807, 2.05) is 38.1 Å². The second kappa shape index (κ2) is 12.6. The molecule has 43 heavy (non-hydrogen) atoms. The van der Waals surface area contributed by atoms with E-state index in [1.54, 1.807) is 37.6 Å². The first-order valence-electron chi connectivity index (χ1n) is 13.8. The minimum Gasteiger partial charge on any atom is -0.478 e. The summed E-state index contributed by atoms with van der Waals surface area (Å²) in [6.07, 6.45) is -0.932. The molecule has 4 rings (SSSR count). The highest BCUT2D eigenvalue weighted by Gasteiger charge is 2.45. The average Bonchev–Trinajstić information content (AvgIpc) is 3.55. The number of aromatic nitrogens is 1. The van der Waals surface area contributed by atoms with Crippen molar-refractivity contribution in [3.05, 3.63) is 76.2 Å². The first-order chi connectivity index (χ1) is 20.2. The molecule has 1 fully saturated rings. The van der Waals surface area contributed by atoms with Crippen LogP contribution in [-0.4, -0.2) is 68.5 Å². The molecule has 4 N–H and O–H groups in total. The number of amides is 3. The molecule has 228 valence electrons. The fraction of sp³-hybridized carbons (Fsp3) is 0.387. The Labute approximate surface area is 252 Å². The Bertz CT molecular complexity index is 1530. The number of likely N-dealkylation sites (tertiary alicyclic amines) is 1. The normalized spacial score (nSPS) is 18.2. The summed E-state index contributed by atoms with van der Waals surface area (Å²) in [5.74, 6) is -4.35. The molecule has 1 aromatic heterocycles. The SMILES string of the molecule is Cc1ncsc1-c1ccc([C@H](C)NC(=O)[C@@H]2C[C@@H](O)CN2C(=O)C(NC(=O)c2ccc(C(=O)O)cc2F)C(C)(C)C)cc1. The van der Waals surface area contributed by atoms with Gasteiger partial charge in [-0.1, -0.05) is 45.0 Å². The predicted octanol–water partition coefficient (Wildman–Crippen LogP) is 3.94. The van der Waals surface area contributed by atoms with Gasteiger partial charge in [0.25, 0.3) is 5.91 Å². The van der Waals surface area contributed by atoms with Crippen LogP contribution in [0.5, 0.6) is 0 Å². The lowest BCUT2D eigenvalue weighted by Gasteiger charge is -2.35. The van der Waals surface area contributed by atoms with Crippen LogP contribution in [0.25, 0.3) is 10.4 Å². The number of carboxylic acid groups (broad SMARTS) is 1. The molecule has 3 aromatic rings. The average molecular weight is 611 g/mol. The Hall–Kier alpha value is -4.16. The number of aliphatic hydroxyl groups excluding tert-OH is 1. The summed E-state index contributed by atoms with van der Waals surface area (Å²) in [5, 5.41) is 25.0. The number of aryl methyl sites for hydroxylation is 1. The van der Waals surface area contributed by atoms with E-state index in [2.05, 4.69) is 15.6 Å². The van der Waals surface area contributed by atoms with Crippen molar-refractivity contribution in [1.29, 1.82) is 0 Å². The van der Waals surface area contributed by atoms with Crippen LogP contribution in [0.1, 0.15) is 72.1 Å². The van der Waals surface area contributed by atoms with Gasteiger partial charge in [-0.05, 0) is 48.6 Å². The largest absolute Gasteiger partial charge is 0.478 e. The predicted molar refractivity (Wildman–Crippen MR) is 159 cm³/mol. The van der Waals surface area contributed by atoms with E-state index < -0.39 is 64.7 Å². The minimum absolute atomic E-state index is 0.0178. The Balaban J connectivity index is 1.49. The first kappa shape index (κ1) is 31.8. The van der Waals surface area contributed by atoms with Gasteiger partial charge in [-0.25, -0.2) is 14.2 Å². The van der Waals surface area contributed by atoms with Crippen LogP contribution in [0.2, 0.25) is 0 Å². The molecular formula is C31H35FN4O6S. The van der Waals surface area contributed by atoms with Gasteiger partial charge in [0.05, 0.1) is 39.4 Å². The number of carboxylic acids is 1. The van der Waals surface area contributed by atoms with Gasteiger partial charge >= 0.3 is 5.97 Å². The Kier molecular flexibility index (Phi) is 9.31. The van der Waals surface area contributed by atoms with Crippen molar-refractivity contribution in [2.75, 3.05) is 6.54 Å². The molecule has 0 saturated carbocycles. The van der Waals surface area contributed by atoms with E-state index in [-0.39, 0.29) is 18.5 Å². The lowest BCUT2D eigenvalue weighted by atomic mass is 9.85. The summed E-state index contributed by atoms with van der Waals surface area (Å²) in [5.41, 5.74) is 3.00. The monoisotopic (exact) mass is 610 g/mol. The lowest BCUT2D eigenvalue weighted by molar-refractivity contribution is -0.142. The number of thiazole rings is 1. The van der Waals surface area contributed by atoms with E-state index in [4.69, 9.17) is 5.11 Å². The van der Waals surface area contributed by atoms with E-state index in [0.29, 0.717) is 0 Å². The van der Waals surface area contributed by atoms with E-state index >= 15 is 0 Å². The second-order valence-corrected chi connectivity index (χ2v) is 12.6. The quantitative estimate of drug-likeness (QED) is 0.302. The van der Waals surface area contributed by atoms with Crippen LogP contribution >= 0.6 is 11.3 Å². The number of benzene rings is 2. The first-order valence-corrected chi connectivity index (χ1v) is 14.7. The molecule has 0 spiro atoms. The topological polar surface area (TPSA) is 149 Å². The number of nitrogens with one attached hydrogen (secondary N) is 2. The van der Waals surface area contributed by atoms with Gasteiger partial charge in [0, 0.05) is 13.0 Å². The molecule has 1 aliphatic rings. The molecule has 1 unspecified atom stereocenters. The summed E-state index contributed by atoms with van der Waals surface area (Å²) in [6.45, 7) is 8.78. The van der Waals surface area contributed by atoms with Crippen LogP contribution in [0.4, 0.5) is 4.39 Å². The Morgan fingerprint density at radius 2 is 1.77 bits per heavy atom. The van der Waals surface area contributed by atoms with E-state index in [9.17, 15) is 28.7 Å². The number of halogens is 1. The van der Waals surface area contributed by atoms with Gasteiger partial charge in [-0.3, -0.25) is 14.4 Å². The zero-order valence-corrected chi connectivity index (χ0v) is 25.4. The summed E-state index contributed by atoms with van der Waals surface area (Å²) >= 11 is 1.55. The number of nitrogens with zero attached hydrogens (tertiary/aromatic N) is 2. The van der Waals surface area contributed by atoms with Gasteiger partial charge in [0.1, 0.15) is 17.9 Å². The number of rotatable bonds is 8. The van der Waals surface area contributed by atoms with E-state index in [0.717, 1.165) is 39.9 Å². The number of carbonyl (C=O) groups excluding carboxylic acids is 3. The fourth-order valence-electron chi connectivity index (χ4n) is 5.06. The smallest absolute Gasteiger partial charge is 0.335 e. The van der Waals surface area contributed by atoms with Crippen molar-refractivity contribution in [3.63, 3.8) is 0 Å². The van der Waals surface area contributed by atoms with Crippen molar-refractivity contribution in [3.8, 4) is 10.4 Å². The molecule has 1 aliphatic heterocycles. The van der Waals surface area contributed by atoms with Crippen molar-refractivity contribution in [2.45, 2.75) is 65.3 Å². The molecule has 2 heterocycles. The number of hydrogen-bond acceptors (Lipinski definition) is 7. The summed E-state index contributed by atoms with van der Waals surface area (Å²) < 4.78 is 14.6. The van der Waals surface area contributed by atoms with E-state index in [1.165, 1.54) is 4.90 Å². The molecule has 0 aliphatic carbocycles. The molecule has 1 saturated heterocycles. The Morgan fingerprint density at radius 1 is 1.09 bits per heavy atom. The molecule has 0 bridgehead atoms. The number of aliphatic hydroxyl groups is 1. The molecule has 0 radical (unpaired) electrons. The maximum Gasteiger partial charge on any atom is 0.335 e. The highest BCUT2D eigenvalue weighted by Crippen LogP contribution is 2.30. The van der Waals surface area contributed by atoms with Crippen LogP contribution < -0.4 is 10.6 Å². The van der Waals surface area contributed by atoms with Crippen molar-refractivity contribution < 1.29 is 33.8 Å². The fourth-order valence-corrected chi connectivity index (χ4v) is 5.87. The number of aromatic carboxylic acids is 1. The Morgan fingerprint density at radius 3 is 2.33 bits per heavy atom.